The van der Waals surface area contributed by atoms with E-state index in [0.29, 0.717) is 5.92 Å². The first-order valence-electron chi connectivity index (χ1n) is 10.6. The molecule has 2 fully saturated rings. The second kappa shape index (κ2) is 14.8. The maximum atomic E-state index is 5.84. The van der Waals surface area contributed by atoms with Crippen molar-refractivity contribution >= 4 is 29.9 Å². The molecule has 2 saturated heterocycles. The standard InChI is InChI=1S/C20H40N4O3.HI/c1-4-21-19(23-17-20(24(2)3)8-14-26-15-9-20)22-10-5-11-27-16-18-6-12-25-13-7-18;/h18H,4-17H2,1-3H3,(H2,21,22,23);1H. The van der Waals surface area contributed by atoms with Crippen LogP contribution >= 0.6 is 24.0 Å². The largest absolute Gasteiger partial charge is 0.381 e. The summed E-state index contributed by atoms with van der Waals surface area (Å²) in [5, 5.41) is 6.80. The highest BCUT2D eigenvalue weighted by Crippen LogP contribution is 2.26. The van der Waals surface area contributed by atoms with E-state index in [1.165, 1.54) is 0 Å². The van der Waals surface area contributed by atoms with Gasteiger partial charge in [0.15, 0.2) is 5.96 Å². The van der Waals surface area contributed by atoms with Gasteiger partial charge >= 0.3 is 0 Å². The summed E-state index contributed by atoms with van der Waals surface area (Å²) in [4.78, 5) is 7.18. The van der Waals surface area contributed by atoms with Gasteiger partial charge in [-0.15, -0.1) is 24.0 Å². The third-order valence-electron chi connectivity index (χ3n) is 5.70. The van der Waals surface area contributed by atoms with Crippen molar-refractivity contribution in [3.63, 3.8) is 0 Å². The lowest BCUT2D eigenvalue weighted by molar-refractivity contribution is -0.00255. The number of ether oxygens (including phenoxy) is 3. The SMILES string of the molecule is CCNC(=NCC1(N(C)C)CCOCC1)NCCCOCC1CCOCC1.I. The molecule has 0 radical (unpaired) electrons. The fraction of sp³-hybridized carbons (Fsp3) is 0.950. The highest BCUT2D eigenvalue weighted by Gasteiger charge is 2.34. The molecule has 7 nitrogen and oxygen atoms in total. The van der Waals surface area contributed by atoms with Crippen LogP contribution in [0.25, 0.3) is 0 Å². The zero-order chi connectivity index (χ0) is 19.4. The first-order valence-corrected chi connectivity index (χ1v) is 10.6. The summed E-state index contributed by atoms with van der Waals surface area (Å²) < 4.78 is 16.8. The van der Waals surface area contributed by atoms with Crippen LogP contribution in [0.1, 0.15) is 39.0 Å². The molecule has 28 heavy (non-hydrogen) atoms. The number of rotatable bonds is 10. The number of guanidine groups is 1. The minimum absolute atomic E-state index is 0. The summed E-state index contributed by atoms with van der Waals surface area (Å²) >= 11 is 0. The molecule has 2 heterocycles. The Hall–Kier alpha value is -0.160. The Balaban J connectivity index is 0.00000392. The number of aliphatic imine (C=N–C) groups is 1. The summed E-state index contributed by atoms with van der Waals surface area (Å²) in [5.74, 6) is 1.57. The monoisotopic (exact) mass is 512 g/mol. The van der Waals surface area contributed by atoms with Gasteiger partial charge in [0.05, 0.1) is 6.54 Å². The van der Waals surface area contributed by atoms with E-state index in [9.17, 15) is 0 Å². The van der Waals surface area contributed by atoms with Crippen molar-refractivity contribution in [2.45, 2.75) is 44.6 Å². The molecule has 0 aliphatic carbocycles. The Morgan fingerprint density at radius 1 is 1.11 bits per heavy atom. The van der Waals surface area contributed by atoms with Crippen LogP contribution in [-0.2, 0) is 14.2 Å². The highest BCUT2D eigenvalue weighted by atomic mass is 127. The van der Waals surface area contributed by atoms with Crippen LogP contribution in [0.4, 0.5) is 0 Å². The van der Waals surface area contributed by atoms with Gasteiger partial charge in [-0.1, -0.05) is 0 Å². The highest BCUT2D eigenvalue weighted by molar-refractivity contribution is 14.0. The van der Waals surface area contributed by atoms with Gasteiger partial charge in [0.2, 0.25) is 0 Å². The van der Waals surface area contributed by atoms with Gasteiger partial charge in [-0.2, -0.15) is 0 Å². The van der Waals surface area contributed by atoms with Crippen molar-refractivity contribution in [2.75, 3.05) is 73.4 Å². The van der Waals surface area contributed by atoms with Crippen molar-refractivity contribution in [1.29, 1.82) is 0 Å². The van der Waals surface area contributed by atoms with Crippen molar-refractivity contribution in [1.82, 2.24) is 15.5 Å². The van der Waals surface area contributed by atoms with E-state index in [1.807, 2.05) is 0 Å². The number of nitrogens with zero attached hydrogens (tertiary/aromatic N) is 2. The average Bonchev–Trinajstić information content (AvgIpc) is 2.70. The Morgan fingerprint density at radius 2 is 1.79 bits per heavy atom. The topological polar surface area (TPSA) is 67.4 Å². The lowest BCUT2D eigenvalue weighted by Crippen LogP contribution is -2.51. The van der Waals surface area contributed by atoms with Crippen molar-refractivity contribution < 1.29 is 14.2 Å². The Morgan fingerprint density at radius 3 is 2.43 bits per heavy atom. The van der Waals surface area contributed by atoms with Crippen LogP contribution in [0.2, 0.25) is 0 Å². The Bertz CT molecular complexity index is 426. The molecular weight excluding hydrogens is 471 g/mol. The Kier molecular flexibility index (Phi) is 13.6. The lowest BCUT2D eigenvalue weighted by atomic mass is 9.89. The minimum atomic E-state index is 0. The number of likely N-dealkylation sites (N-methyl/N-ethyl adjacent to an activating group) is 1. The molecule has 0 saturated carbocycles. The molecule has 2 aliphatic heterocycles. The normalized spacial score (nSPS) is 20.6. The van der Waals surface area contributed by atoms with Gasteiger partial charge < -0.3 is 29.7 Å². The molecule has 0 bridgehead atoms. The summed E-state index contributed by atoms with van der Waals surface area (Å²) in [5.41, 5.74) is 0.105. The summed E-state index contributed by atoms with van der Waals surface area (Å²) in [7, 11) is 4.30. The van der Waals surface area contributed by atoms with Crippen LogP contribution in [0, 0.1) is 5.92 Å². The second-order valence-corrected chi connectivity index (χ2v) is 7.84. The van der Waals surface area contributed by atoms with Crippen LogP contribution in [0.3, 0.4) is 0 Å². The van der Waals surface area contributed by atoms with Gasteiger partial charge in [-0.25, -0.2) is 0 Å². The van der Waals surface area contributed by atoms with E-state index in [2.05, 4.69) is 36.6 Å². The smallest absolute Gasteiger partial charge is 0.191 e. The second-order valence-electron chi connectivity index (χ2n) is 7.84. The van der Waals surface area contributed by atoms with Gasteiger partial charge in [0.25, 0.3) is 0 Å². The maximum absolute atomic E-state index is 5.84. The number of halogens is 1. The minimum Gasteiger partial charge on any atom is -0.381 e. The predicted octanol–water partition coefficient (Wildman–Crippen LogP) is 2.10. The molecule has 8 heteroatoms. The van der Waals surface area contributed by atoms with Crippen molar-refractivity contribution in [2.24, 2.45) is 10.9 Å². The molecule has 0 aromatic rings. The summed E-state index contributed by atoms with van der Waals surface area (Å²) in [6.45, 7) is 9.71. The van der Waals surface area contributed by atoms with Crippen LogP contribution in [0.5, 0.6) is 0 Å². The van der Waals surface area contributed by atoms with Gasteiger partial charge in [-0.05, 0) is 59.0 Å². The van der Waals surface area contributed by atoms with E-state index in [1.54, 1.807) is 0 Å². The van der Waals surface area contributed by atoms with E-state index >= 15 is 0 Å². The molecule has 166 valence electrons. The predicted molar refractivity (Wildman–Crippen MR) is 125 cm³/mol. The molecule has 2 N–H and O–H groups in total. The molecule has 0 aromatic carbocycles. The molecule has 0 unspecified atom stereocenters. The zero-order valence-corrected chi connectivity index (χ0v) is 20.3. The first kappa shape index (κ1) is 25.9. The van der Waals surface area contributed by atoms with Crippen LogP contribution in [-0.4, -0.2) is 89.8 Å². The molecule has 2 rings (SSSR count). The molecule has 2 aliphatic rings. The van der Waals surface area contributed by atoms with Crippen molar-refractivity contribution in [3.8, 4) is 0 Å². The maximum Gasteiger partial charge on any atom is 0.191 e. The van der Waals surface area contributed by atoms with Gasteiger partial charge in [-0.3, -0.25) is 4.99 Å². The third-order valence-corrected chi connectivity index (χ3v) is 5.70. The third kappa shape index (κ3) is 9.11. The van der Waals surface area contributed by atoms with E-state index in [0.717, 1.165) is 97.3 Å². The summed E-state index contributed by atoms with van der Waals surface area (Å²) in [6.07, 6.45) is 5.31. The number of nitrogens with one attached hydrogen (secondary N) is 2. The molecule has 0 spiro atoms. The summed E-state index contributed by atoms with van der Waals surface area (Å²) in [6, 6.07) is 0. The quantitative estimate of drug-likeness (QED) is 0.202. The first-order chi connectivity index (χ1) is 13.2. The molecule has 0 atom stereocenters. The molecule has 0 aromatic heterocycles. The average molecular weight is 512 g/mol. The van der Waals surface area contributed by atoms with E-state index in [-0.39, 0.29) is 29.5 Å². The zero-order valence-electron chi connectivity index (χ0n) is 18.0. The van der Waals surface area contributed by atoms with Gasteiger partial charge in [0.1, 0.15) is 0 Å². The fourth-order valence-corrected chi connectivity index (χ4v) is 3.61. The van der Waals surface area contributed by atoms with Crippen LogP contribution < -0.4 is 10.6 Å². The molecule has 0 amide bonds. The fourth-order valence-electron chi connectivity index (χ4n) is 3.61. The van der Waals surface area contributed by atoms with E-state index < -0.39 is 0 Å². The van der Waals surface area contributed by atoms with Crippen molar-refractivity contribution in [3.05, 3.63) is 0 Å². The Labute approximate surface area is 188 Å². The number of hydrogen-bond donors (Lipinski definition) is 2. The molecular formula is C20H41IN4O3. The number of hydrogen-bond acceptors (Lipinski definition) is 5. The van der Waals surface area contributed by atoms with Gasteiger partial charge in [0, 0.05) is 58.3 Å². The lowest BCUT2D eigenvalue weighted by Gasteiger charge is -2.41. The van der Waals surface area contributed by atoms with E-state index in [4.69, 9.17) is 19.2 Å². The van der Waals surface area contributed by atoms with Crippen LogP contribution in [0.15, 0.2) is 4.99 Å².